The minimum Gasteiger partial charge on any atom is -0.568 e. The predicted molar refractivity (Wildman–Crippen MR) is 87.7 cm³/mol. The number of phenolic OH excluding ortho intramolecular Hbond substituents is 1. The quantitative estimate of drug-likeness (QED) is 0.867. The van der Waals surface area contributed by atoms with Gasteiger partial charge in [-0.15, -0.1) is 0 Å². The third-order valence-corrected chi connectivity index (χ3v) is 4.68. The van der Waals surface area contributed by atoms with Crippen LogP contribution >= 0.6 is 0 Å². The highest BCUT2D eigenvalue weighted by Gasteiger charge is 2.23. The predicted octanol–water partition coefficient (Wildman–Crippen LogP) is 3.76. The molecule has 1 N–H and O–H groups in total. The molecule has 0 aliphatic heterocycles. The van der Waals surface area contributed by atoms with Crippen LogP contribution in [0.25, 0.3) is 0 Å². The molecule has 2 aromatic rings. The van der Waals surface area contributed by atoms with E-state index in [4.69, 9.17) is 4.65 Å². The van der Waals surface area contributed by atoms with Gasteiger partial charge in [-0.2, -0.15) is 0 Å². The fourth-order valence-electron chi connectivity index (χ4n) is 3.38. The molecule has 0 amide bonds. The van der Waals surface area contributed by atoms with Crippen molar-refractivity contribution >= 4 is 8.05 Å². The van der Waals surface area contributed by atoms with Crippen LogP contribution in [0.2, 0.25) is 0 Å². The lowest BCUT2D eigenvalue weighted by Gasteiger charge is -2.29. The molecule has 108 valence electrons. The molecule has 0 spiro atoms. The number of benzene rings is 2. The molecular formula is C18H21BO2. The summed E-state index contributed by atoms with van der Waals surface area (Å²) < 4.78 is 5.22. The highest BCUT2D eigenvalue weighted by Crippen LogP contribution is 2.40. The Morgan fingerprint density at radius 3 is 1.62 bits per heavy atom. The van der Waals surface area contributed by atoms with Crippen molar-refractivity contribution in [1.29, 1.82) is 0 Å². The first-order chi connectivity index (χ1) is 10.3. The second-order valence-corrected chi connectivity index (χ2v) is 5.91. The van der Waals surface area contributed by atoms with Gasteiger partial charge >= 0.3 is 8.05 Å². The first-order valence-corrected chi connectivity index (χ1v) is 7.69. The fraction of sp³-hybridized carbons (Fsp3) is 0.333. The van der Waals surface area contributed by atoms with Gasteiger partial charge < -0.3 is 9.76 Å². The second-order valence-electron chi connectivity index (χ2n) is 5.91. The molecule has 1 saturated carbocycles. The largest absolute Gasteiger partial charge is 0.568 e. The zero-order valence-electron chi connectivity index (χ0n) is 12.5. The normalized spacial score (nSPS) is 21.9. The van der Waals surface area contributed by atoms with Gasteiger partial charge in [0.2, 0.25) is 0 Å². The van der Waals surface area contributed by atoms with E-state index in [-0.39, 0.29) is 0 Å². The average molecular weight is 280 g/mol. The van der Waals surface area contributed by atoms with E-state index in [1.165, 1.54) is 36.8 Å². The van der Waals surface area contributed by atoms with Crippen LogP contribution in [-0.4, -0.2) is 13.2 Å². The van der Waals surface area contributed by atoms with E-state index < -0.39 is 0 Å². The van der Waals surface area contributed by atoms with Crippen molar-refractivity contribution < 1.29 is 9.76 Å². The summed E-state index contributed by atoms with van der Waals surface area (Å²) in [6.07, 6.45) is 4.92. The maximum absolute atomic E-state index is 9.38. The van der Waals surface area contributed by atoms with Crippen molar-refractivity contribution in [2.45, 2.75) is 37.5 Å². The van der Waals surface area contributed by atoms with Crippen LogP contribution in [0.1, 0.15) is 48.6 Å². The minimum atomic E-state index is 0.352. The van der Waals surface area contributed by atoms with E-state index in [0.29, 0.717) is 17.6 Å². The summed E-state index contributed by atoms with van der Waals surface area (Å²) in [6, 6.07) is 16.2. The summed E-state index contributed by atoms with van der Waals surface area (Å²) in [4.78, 5) is 0. The van der Waals surface area contributed by atoms with E-state index in [1.807, 2.05) is 0 Å². The number of phenols is 1. The molecule has 0 atom stereocenters. The zero-order chi connectivity index (χ0) is 14.7. The van der Waals surface area contributed by atoms with E-state index in [1.54, 1.807) is 20.2 Å². The molecule has 0 aromatic heterocycles. The number of hydrogen-bond donors (Lipinski definition) is 1. The summed E-state index contributed by atoms with van der Waals surface area (Å²) in [5, 5.41) is 9.38. The van der Waals surface area contributed by atoms with Gasteiger partial charge in [0.05, 0.1) is 5.75 Å². The van der Waals surface area contributed by atoms with E-state index in [2.05, 4.69) is 36.4 Å². The molecule has 1 aliphatic carbocycles. The molecule has 3 heteroatoms. The highest BCUT2D eigenvalue weighted by molar-refractivity contribution is 5.99. The topological polar surface area (TPSA) is 29.5 Å². The van der Waals surface area contributed by atoms with Gasteiger partial charge in [-0.05, 0) is 72.9 Å². The van der Waals surface area contributed by atoms with E-state index in [9.17, 15) is 5.11 Å². The summed E-state index contributed by atoms with van der Waals surface area (Å²) in [5.74, 6) is 2.59. The van der Waals surface area contributed by atoms with Gasteiger partial charge in [-0.1, -0.05) is 24.3 Å². The Labute approximate surface area is 127 Å². The first-order valence-electron chi connectivity index (χ1n) is 7.69. The Balaban J connectivity index is 1.62. The molecule has 2 nitrogen and oxygen atoms in total. The van der Waals surface area contributed by atoms with Gasteiger partial charge in [0, 0.05) is 0 Å². The third kappa shape index (κ3) is 3.23. The third-order valence-electron chi connectivity index (χ3n) is 4.68. The van der Waals surface area contributed by atoms with Crippen LogP contribution in [0.4, 0.5) is 0 Å². The van der Waals surface area contributed by atoms with Crippen LogP contribution in [0.5, 0.6) is 11.5 Å². The number of rotatable bonds is 3. The standard InChI is InChI=1S/C18H21BO2/c19-21-18-11-7-16(8-12-18)14-3-1-13(2-4-14)15-5-9-17(20)10-6-15/h5-14,20H,1-4,19H2. The van der Waals surface area contributed by atoms with Gasteiger partial charge in [0.25, 0.3) is 0 Å². The molecule has 0 unspecified atom stereocenters. The van der Waals surface area contributed by atoms with Gasteiger partial charge in [0.1, 0.15) is 5.75 Å². The molecule has 0 saturated heterocycles. The Morgan fingerprint density at radius 2 is 1.19 bits per heavy atom. The van der Waals surface area contributed by atoms with Crippen molar-refractivity contribution in [3.63, 3.8) is 0 Å². The average Bonchev–Trinajstić information content (AvgIpc) is 2.56. The van der Waals surface area contributed by atoms with Gasteiger partial charge in [-0.3, -0.25) is 0 Å². The number of hydrogen-bond acceptors (Lipinski definition) is 2. The molecule has 0 bridgehead atoms. The van der Waals surface area contributed by atoms with Crippen molar-refractivity contribution in [3.8, 4) is 11.5 Å². The minimum absolute atomic E-state index is 0.352. The lowest BCUT2D eigenvalue weighted by atomic mass is 9.76. The monoisotopic (exact) mass is 280 g/mol. The second kappa shape index (κ2) is 6.25. The summed E-state index contributed by atoms with van der Waals surface area (Å²) >= 11 is 0. The van der Waals surface area contributed by atoms with Crippen molar-refractivity contribution in [1.82, 2.24) is 0 Å². The first kappa shape index (κ1) is 14.1. The Morgan fingerprint density at radius 1 is 0.762 bits per heavy atom. The van der Waals surface area contributed by atoms with Gasteiger partial charge in [0.15, 0.2) is 0 Å². The van der Waals surface area contributed by atoms with Crippen molar-refractivity contribution in [2.24, 2.45) is 0 Å². The van der Waals surface area contributed by atoms with Gasteiger partial charge in [-0.25, -0.2) is 0 Å². The molecule has 2 aromatic carbocycles. The van der Waals surface area contributed by atoms with Crippen LogP contribution < -0.4 is 4.65 Å². The lowest BCUT2D eigenvalue weighted by Crippen LogP contribution is -2.12. The molecule has 0 heterocycles. The Hall–Kier alpha value is -1.90. The maximum atomic E-state index is 9.38. The SMILES string of the molecule is BOc1ccc(C2CCC(c3ccc(O)cc3)CC2)cc1. The Bertz CT molecular complexity index is 569. The summed E-state index contributed by atoms with van der Waals surface area (Å²) in [5.41, 5.74) is 2.79. The molecule has 21 heavy (non-hydrogen) atoms. The molecule has 3 rings (SSSR count). The summed E-state index contributed by atoms with van der Waals surface area (Å²) in [7, 11) is 1.71. The highest BCUT2D eigenvalue weighted by atomic mass is 16.4. The van der Waals surface area contributed by atoms with E-state index in [0.717, 1.165) is 5.75 Å². The summed E-state index contributed by atoms with van der Waals surface area (Å²) in [6.45, 7) is 0. The van der Waals surface area contributed by atoms with Crippen LogP contribution in [0, 0.1) is 0 Å². The fourth-order valence-corrected chi connectivity index (χ4v) is 3.38. The molecule has 0 radical (unpaired) electrons. The van der Waals surface area contributed by atoms with Crippen molar-refractivity contribution in [2.75, 3.05) is 0 Å². The molecular weight excluding hydrogens is 259 g/mol. The Kier molecular flexibility index (Phi) is 4.19. The van der Waals surface area contributed by atoms with E-state index >= 15 is 0 Å². The lowest BCUT2D eigenvalue weighted by molar-refractivity contribution is 0.395. The molecule has 1 fully saturated rings. The van der Waals surface area contributed by atoms with Crippen LogP contribution in [0.3, 0.4) is 0 Å². The van der Waals surface area contributed by atoms with Crippen LogP contribution in [-0.2, 0) is 0 Å². The molecule has 1 aliphatic rings. The maximum Gasteiger partial charge on any atom is 0.322 e. The zero-order valence-corrected chi connectivity index (χ0v) is 12.5. The smallest absolute Gasteiger partial charge is 0.322 e. The van der Waals surface area contributed by atoms with Crippen LogP contribution in [0.15, 0.2) is 48.5 Å². The van der Waals surface area contributed by atoms with Crippen molar-refractivity contribution in [3.05, 3.63) is 59.7 Å². The number of aromatic hydroxyl groups is 1.